The smallest absolute Gasteiger partial charge is 0.374 e. The number of ether oxygens (including phenoxy) is 1. The molecule has 0 atom stereocenters. The molecule has 0 N–H and O–H groups in total. The topological polar surface area (TPSA) is 56.5 Å². The van der Waals surface area contributed by atoms with Crippen LogP contribution in [-0.4, -0.2) is 13.1 Å². The van der Waals surface area contributed by atoms with Crippen LogP contribution in [0.4, 0.5) is 0 Å². The van der Waals surface area contributed by atoms with Gasteiger partial charge in [0.2, 0.25) is 5.76 Å². The van der Waals surface area contributed by atoms with Crippen LogP contribution in [0.5, 0.6) is 0 Å². The monoisotopic (exact) mass is 218 g/mol. The molecular weight excluding hydrogens is 208 g/mol. The molecule has 2 aromatic rings. The van der Waals surface area contributed by atoms with Crippen molar-refractivity contribution in [2.45, 2.75) is 6.92 Å². The summed E-state index contributed by atoms with van der Waals surface area (Å²) in [5, 5.41) is 1.17. The van der Waals surface area contributed by atoms with Crippen LogP contribution in [0.25, 0.3) is 10.8 Å². The van der Waals surface area contributed by atoms with Gasteiger partial charge in [0.05, 0.1) is 12.5 Å². The van der Waals surface area contributed by atoms with Crippen molar-refractivity contribution in [2.24, 2.45) is 0 Å². The number of benzene rings is 1. The fourth-order valence-corrected chi connectivity index (χ4v) is 1.57. The Labute approximate surface area is 91.4 Å². The van der Waals surface area contributed by atoms with Crippen LogP contribution in [-0.2, 0) is 4.74 Å². The normalized spacial score (nSPS) is 10.4. The summed E-state index contributed by atoms with van der Waals surface area (Å²) >= 11 is 0. The van der Waals surface area contributed by atoms with Gasteiger partial charge in [0, 0.05) is 0 Å². The molecule has 0 aliphatic heterocycles. The van der Waals surface area contributed by atoms with E-state index >= 15 is 0 Å². The molecule has 0 amide bonds. The van der Waals surface area contributed by atoms with Gasteiger partial charge >= 0.3 is 11.6 Å². The van der Waals surface area contributed by atoms with E-state index in [9.17, 15) is 9.59 Å². The largest absolute Gasteiger partial charge is 0.463 e. The summed E-state index contributed by atoms with van der Waals surface area (Å²) in [5.74, 6) is -0.725. The molecule has 0 saturated carbocycles. The summed E-state index contributed by atoms with van der Waals surface area (Å²) < 4.78 is 9.38. The van der Waals surface area contributed by atoms with Crippen molar-refractivity contribution < 1.29 is 13.9 Å². The highest BCUT2D eigenvalue weighted by Gasteiger charge is 2.12. The van der Waals surface area contributed by atoms with Gasteiger partial charge in [-0.05, 0) is 30.0 Å². The lowest BCUT2D eigenvalue weighted by molar-refractivity contribution is 0.0560. The fraction of sp³-hybridized carbons (Fsp3) is 0.167. The third kappa shape index (κ3) is 1.58. The molecule has 1 heterocycles. The Bertz CT molecular complexity index is 610. The van der Waals surface area contributed by atoms with Gasteiger partial charge in [-0.2, -0.15) is 0 Å². The predicted molar refractivity (Wildman–Crippen MR) is 58.6 cm³/mol. The van der Waals surface area contributed by atoms with Gasteiger partial charge in [-0.3, -0.25) is 0 Å². The molecule has 0 radical (unpaired) electrons. The van der Waals surface area contributed by atoms with Crippen molar-refractivity contribution >= 4 is 16.7 Å². The molecule has 0 aliphatic carbocycles. The quantitative estimate of drug-likeness (QED) is 0.686. The van der Waals surface area contributed by atoms with Crippen LogP contribution in [0.3, 0.4) is 0 Å². The van der Waals surface area contributed by atoms with E-state index < -0.39 is 11.6 Å². The van der Waals surface area contributed by atoms with Crippen molar-refractivity contribution in [2.75, 3.05) is 7.11 Å². The maximum absolute atomic E-state index is 11.6. The number of rotatable bonds is 1. The lowest BCUT2D eigenvalue weighted by Gasteiger charge is -2.02. The number of hydrogen-bond acceptors (Lipinski definition) is 4. The molecule has 1 aromatic heterocycles. The lowest BCUT2D eigenvalue weighted by atomic mass is 10.1. The van der Waals surface area contributed by atoms with Gasteiger partial charge in [-0.1, -0.05) is 12.1 Å². The summed E-state index contributed by atoms with van der Waals surface area (Å²) in [5.41, 5.74) is 0.386. The first kappa shape index (κ1) is 10.4. The van der Waals surface area contributed by atoms with E-state index in [4.69, 9.17) is 4.42 Å². The molecule has 2 rings (SSSR count). The van der Waals surface area contributed by atoms with Gasteiger partial charge < -0.3 is 9.15 Å². The number of hydrogen-bond donors (Lipinski definition) is 0. The Morgan fingerprint density at radius 1 is 1.31 bits per heavy atom. The number of carbonyl (C=O) groups is 1. The van der Waals surface area contributed by atoms with Crippen molar-refractivity contribution in [3.05, 3.63) is 46.0 Å². The predicted octanol–water partition coefficient (Wildman–Crippen LogP) is 1.89. The summed E-state index contributed by atoms with van der Waals surface area (Å²) in [6.45, 7) is 1.86. The minimum atomic E-state index is -0.651. The standard InChI is InChI=1S/C12H10O4/c1-7-4-3-5-8-9(7)6-10(12(14)15-2)16-11(8)13/h3-6H,1-2H3. The van der Waals surface area contributed by atoms with Crippen molar-refractivity contribution in [1.82, 2.24) is 0 Å². The van der Waals surface area contributed by atoms with Crippen LogP contribution in [0.1, 0.15) is 16.1 Å². The second kappa shape index (κ2) is 3.81. The van der Waals surface area contributed by atoms with E-state index in [1.165, 1.54) is 13.2 Å². The number of aryl methyl sites for hydroxylation is 1. The number of methoxy groups -OCH3 is 1. The molecule has 0 aliphatic rings. The minimum Gasteiger partial charge on any atom is -0.463 e. The molecule has 16 heavy (non-hydrogen) atoms. The van der Waals surface area contributed by atoms with Crippen LogP contribution in [0.2, 0.25) is 0 Å². The van der Waals surface area contributed by atoms with Crippen molar-refractivity contribution in [3.63, 3.8) is 0 Å². The van der Waals surface area contributed by atoms with E-state index in [1.54, 1.807) is 12.1 Å². The second-order valence-corrected chi connectivity index (χ2v) is 3.43. The first-order valence-electron chi connectivity index (χ1n) is 4.75. The highest BCUT2D eigenvalue weighted by molar-refractivity contribution is 5.92. The van der Waals surface area contributed by atoms with E-state index in [-0.39, 0.29) is 5.76 Å². The average Bonchev–Trinajstić information content (AvgIpc) is 2.29. The zero-order chi connectivity index (χ0) is 11.7. The summed E-state index contributed by atoms with van der Waals surface area (Å²) in [6, 6.07) is 6.82. The third-order valence-corrected chi connectivity index (χ3v) is 2.41. The summed E-state index contributed by atoms with van der Waals surface area (Å²) in [6.07, 6.45) is 0. The third-order valence-electron chi connectivity index (χ3n) is 2.41. The SMILES string of the molecule is COC(=O)c1cc2c(C)cccc2c(=O)o1. The fourth-order valence-electron chi connectivity index (χ4n) is 1.57. The van der Waals surface area contributed by atoms with Gasteiger partial charge in [0.25, 0.3) is 0 Å². The zero-order valence-electron chi connectivity index (χ0n) is 8.94. The van der Waals surface area contributed by atoms with Crippen LogP contribution in [0.15, 0.2) is 33.5 Å². The highest BCUT2D eigenvalue weighted by atomic mass is 16.5. The molecule has 0 fully saturated rings. The number of esters is 1. The molecule has 82 valence electrons. The molecule has 0 unspecified atom stereocenters. The molecule has 0 spiro atoms. The van der Waals surface area contributed by atoms with Gasteiger partial charge in [0.1, 0.15) is 0 Å². The van der Waals surface area contributed by atoms with Crippen LogP contribution < -0.4 is 5.63 Å². The first-order chi connectivity index (χ1) is 7.63. The van der Waals surface area contributed by atoms with Crippen LogP contribution in [0, 0.1) is 6.92 Å². The molecule has 0 saturated heterocycles. The molecule has 0 bridgehead atoms. The van der Waals surface area contributed by atoms with Crippen molar-refractivity contribution in [1.29, 1.82) is 0 Å². The molecule has 1 aromatic carbocycles. The maximum Gasteiger partial charge on any atom is 0.374 e. The Morgan fingerprint density at radius 2 is 2.06 bits per heavy atom. The number of fused-ring (bicyclic) bond motifs is 1. The summed E-state index contributed by atoms with van der Waals surface area (Å²) in [4.78, 5) is 22.9. The van der Waals surface area contributed by atoms with Gasteiger partial charge in [-0.25, -0.2) is 9.59 Å². The van der Waals surface area contributed by atoms with E-state index in [0.717, 1.165) is 5.56 Å². The van der Waals surface area contributed by atoms with Crippen molar-refractivity contribution in [3.8, 4) is 0 Å². The molecular formula is C12H10O4. The van der Waals surface area contributed by atoms with E-state index in [1.807, 2.05) is 13.0 Å². The average molecular weight is 218 g/mol. The highest BCUT2D eigenvalue weighted by Crippen LogP contribution is 2.16. The lowest BCUT2D eigenvalue weighted by Crippen LogP contribution is -2.08. The zero-order valence-corrected chi connectivity index (χ0v) is 8.94. The Hall–Kier alpha value is -2.10. The first-order valence-corrected chi connectivity index (χ1v) is 4.75. The van der Waals surface area contributed by atoms with Crippen LogP contribution >= 0.6 is 0 Å². The molecule has 4 nitrogen and oxygen atoms in total. The van der Waals surface area contributed by atoms with Gasteiger partial charge in [0.15, 0.2) is 0 Å². The maximum atomic E-state index is 11.6. The van der Waals surface area contributed by atoms with E-state index in [2.05, 4.69) is 4.74 Å². The number of carbonyl (C=O) groups excluding carboxylic acids is 1. The summed E-state index contributed by atoms with van der Waals surface area (Å²) in [7, 11) is 1.24. The molecule has 4 heteroatoms. The Balaban J connectivity index is 2.80. The minimum absolute atomic E-state index is 0.0747. The van der Waals surface area contributed by atoms with E-state index in [0.29, 0.717) is 10.8 Å². The Kier molecular flexibility index (Phi) is 2.48. The second-order valence-electron chi connectivity index (χ2n) is 3.43. The Morgan fingerprint density at radius 3 is 2.75 bits per heavy atom. The van der Waals surface area contributed by atoms with Gasteiger partial charge in [-0.15, -0.1) is 0 Å².